The second kappa shape index (κ2) is 8.35. The van der Waals surface area contributed by atoms with E-state index in [1.54, 1.807) is 18.3 Å². The van der Waals surface area contributed by atoms with Crippen molar-refractivity contribution in [2.24, 2.45) is 13.0 Å². The highest BCUT2D eigenvalue weighted by atomic mass is 35.5. The minimum atomic E-state index is -0.484. The number of aryl methyl sites for hydroxylation is 1. The van der Waals surface area contributed by atoms with Crippen LogP contribution < -0.4 is 16.2 Å². The summed E-state index contributed by atoms with van der Waals surface area (Å²) >= 11 is 5.94. The fourth-order valence-electron chi connectivity index (χ4n) is 3.19. The van der Waals surface area contributed by atoms with Crippen LogP contribution in [0.4, 0.5) is 4.79 Å². The van der Waals surface area contributed by atoms with E-state index in [4.69, 9.17) is 11.6 Å². The largest absolute Gasteiger partial charge is 0.350 e. The first-order valence-electron chi connectivity index (χ1n) is 9.03. The minimum absolute atomic E-state index is 0.153. The lowest BCUT2D eigenvalue weighted by molar-refractivity contribution is 0.0937. The third-order valence-corrected chi connectivity index (χ3v) is 4.87. The Labute approximate surface area is 168 Å². The molecule has 3 aromatic rings. The second-order valence-corrected chi connectivity index (χ2v) is 7.43. The van der Waals surface area contributed by atoms with Crippen LogP contribution in [-0.2, 0) is 7.05 Å². The summed E-state index contributed by atoms with van der Waals surface area (Å²) in [7, 11) is 1.87. The van der Waals surface area contributed by atoms with Crippen molar-refractivity contribution in [1.82, 2.24) is 20.7 Å². The molecule has 0 radical (unpaired) electrons. The summed E-state index contributed by atoms with van der Waals surface area (Å²) in [6, 6.07) is 14.2. The Balaban J connectivity index is 1.65. The molecule has 3 amide bonds. The maximum atomic E-state index is 12.5. The molecule has 1 unspecified atom stereocenters. The van der Waals surface area contributed by atoms with Crippen LogP contribution in [0.25, 0.3) is 10.9 Å². The van der Waals surface area contributed by atoms with Gasteiger partial charge in [0.05, 0.1) is 11.6 Å². The molecule has 0 saturated heterocycles. The van der Waals surface area contributed by atoms with Gasteiger partial charge >= 0.3 is 6.03 Å². The number of hydrogen-bond donors (Lipinski definition) is 3. The van der Waals surface area contributed by atoms with Crippen LogP contribution >= 0.6 is 11.6 Å². The molecule has 1 atom stereocenters. The lowest BCUT2D eigenvalue weighted by Crippen LogP contribution is -2.48. The molecule has 0 aliphatic rings. The van der Waals surface area contributed by atoms with E-state index < -0.39 is 6.03 Å². The summed E-state index contributed by atoms with van der Waals surface area (Å²) in [6.07, 6.45) is 1.74. The number of para-hydroxylation sites is 1. The number of halogens is 1. The fraction of sp³-hybridized carbons (Fsp3) is 0.238. The molecule has 3 N–H and O–H groups in total. The average Bonchev–Trinajstić information content (AvgIpc) is 3.02. The van der Waals surface area contributed by atoms with E-state index in [0.29, 0.717) is 10.6 Å². The zero-order valence-corrected chi connectivity index (χ0v) is 16.7. The number of benzene rings is 2. The minimum Gasteiger partial charge on any atom is -0.350 e. The molecule has 2 aromatic carbocycles. The van der Waals surface area contributed by atoms with Crippen molar-refractivity contribution >= 4 is 34.4 Å². The summed E-state index contributed by atoms with van der Waals surface area (Å²) < 4.78 is 1.87. The molecule has 1 aromatic heterocycles. The normalized spacial score (nSPS) is 12.0. The maximum Gasteiger partial charge on any atom is 0.333 e. The van der Waals surface area contributed by atoms with E-state index in [1.165, 1.54) is 0 Å². The Kier molecular flexibility index (Phi) is 5.90. The lowest BCUT2D eigenvalue weighted by Gasteiger charge is -2.23. The van der Waals surface area contributed by atoms with Gasteiger partial charge in [-0.2, -0.15) is 0 Å². The van der Waals surface area contributed by atoms with Gasteiger partial charge in [-0.3, -0.25) is 10.2 Å². The standard InChI is InChI=1S/C21H23ClN4O2/c1-13(2)19(14-8-10-15(22)11-9-14)23-21(28)25-24-20(27)17-12-26(3)18-7-5-4-6-16(17)18/h4-13,19H,1-3H3,(H,24,27)(H2,23,25,28). The Bertz CT molecular complexity index is 995. The molecule has 0 bridgehead atoms. The van der Waals surface area contributed by atoms with Gasteiger partial charge in [-0.25, -0.2) is 10.2 Å². The molecule has 3 rings (SSSR count). The summed E-state index contributed by atoms with van der Waals surface area (Å²) in [5.74, 6) is -0.222. The summed E-state index contributed by atoms with van der Waals surface area (Å²) in [6.45, 7) is 4.02. The highest BCUT2D eigenvalue weighted by Gasteiger charge is 2.19. The van der Waals surface area contributed by atoms with Gasteiger partial charge in [0.15, 0.2) is 0 Å². The van der Waals surface area contributed by atoms with Crippen LogP contribution in [0.1, 0.15) is 35.8 Å². The van der Waals surface area contributed by atoms with Gasteiger partial charge in [0, 0.05) is 29.2 Å². The number of amides is 3. The zero-order chi connectivity index (χ0) is 20.3. The molecule has 0 aliphatic carbocycles. The van der Waals surface area contributed by atoms with Crippen molar-refractivity contribution in [2.75, 3.05) is 0 Å². The Hall–Kier alpha value is -2.99. The van der Waals surface area contributed by atoms with Gasteiger partial charge in [-0.05, 0) is 29.7 Å². The van der Waals surface area contributed by atoms with Crippen molar-refractivity contribution in [3.63, 3.8) is 0 Å². The number of hydrogen-bond acceptors (Lipinski definition) is 2. The maximum absolute atomic E-state index is 12.5. The van der Waals surface area contributed by atoms with E-state index in [2.05, 4.69) is 16.2 Å². The van der Waals surface area contributed by atoms with Gasteiger partial charge in [0.1, 0.15) is 0 Å². The summed E-state index contributed by atoms with van der Waals surface area (Å²) in [5, 5.41) is 4.35. The molecule has 0 spiro atoms. The molecular weight excluding hydrogens is 376 g/mol. The number of nitrogens with zero attached hydrogens (tertiary/aromatic N) is 1. The molecule has 0 aliphatic heterocycles. The number of urea groups is 1. The van der Waals surface area contributed by atoms with Crippen molar-refractivity contribution in [3.8, 4) is 0 Å². The number of aromatic nitrogens is 1. The topological polar surface area (TPSA) is 75.2 Å². The lowest BCUT2D eigenvalue weighted by atomic mass is 9.96. The van der Waals surface area contributed by atoms with Gasteiger partial charge < -0.3 is 9.88 Å². The molecule has 6 nitrogen and oxygen atoms in total. The first kappa shape index (κ1) is 19.8. The smallest absolute Gasteiger partial charge is 0.333 e. The van der Waals surface area contributed by atoms with Gasteiger partial charge in [0.25, 0.3) is 5.91 Å². The Morgan fingerprint density at radius 3 is 2.36 bits per heavy atom. The molecule has 7 heteroatoms. The van der Waals surface area contributed by atoms with Crippen LogP contribution in [0.5, 0.6) is 0 Å². The SMILES string of the molecule is CC(C)C(NC(=O)NNC(=O)c1cn(C)c2ccccc12)c1ccc(Cl)cc1. The number of hydrazine groups is 1. The predicted molar refractivity (Wildman–Crippen MR) is 111 cm³/mol. The molecule has 0 saturated carbocycles. The highest BCUT2D eigenvalue weighted by Crippen LogP contribution is 2.23. The van der Waals surface area contributed by atoms with Crippen molar-refractivity contribution in [1.29, 1.82) is 0 Å². The Morgan fingerprint density at radius 1 is 1.00 bits per heavy atom. The third kappa shape index (κ3) is 4.28. The third-order valence-electron chi connectivity index (χ3n) is 4.61. The quantitative estimate of drug-likeness (QED) is 0.577. The number of carbonyl (C=O) groups excluding carboxylic acids is 2. The zero-order valence-electron chi connectivity index (χ0n) is 16.0. The average molecular weight is 399 g/mol. The van der Waals surface area contributed by atoms with Gasteiger partial charge in [0.2, 0.25) is 0 Å². The number of fused-ring (bicyclic) bond motifs is 1. The van der Waals surface area contributed by atoms with Crippen molar-refractivity contribution in [2.45, 2.75) is 19.9 Å². The van der Waals surface area contributed by atoms with Crippen LogP contribution in [0, 0.1) is 5.92 Å². The number of carbonyl (C=O) groups is 2. The number of nitrogens with one attached hydrogen (secondary N) is 3. The summed E-state index contributed by atoms with van der Waals surface area (Å²) in [4.78, 5) is 24.9. The van der Waals surface area contributed by atoms with Crippen LogP contribution in [0.3, 0.4) is 0 Å². The highest BCUT2D eigenvalue weighted by molar-refractivity contribution is 6.30. The van der Waals surface area contributed by atoms with Crippen LogP contribution in [0.2, 0.25) is 5.02 Å². The van der Waals surface area contributed by atoms with E-state index >= 15 is 0 Å². The van der Waals surface area contributed by atoms with Gasteiger partial charge in [-0.1, -0.05) is 55.8 Å². The molecular formula is C21H23ClN4O2. The van der Waals surface area contributed by atoms with Crippen molar-refractivity contribution < 1.29 is 9.59 Å². The molecule has 1 heterocycles. The van der Waals surface area contributed by atoms with E-state index in [0.717, 1.165) is 16.5 Å². The van der Waals surface area contributed by atoms with Gasteiger partial charge in [-0.15, -0.1) is 0 Å². The monoisotopic (exact) mass is 398 g/mol. The molecule has 28 heavy (non-hydrogen) atoms. The fourth-order valence-corrected chi connectivity index (χ4v) is 3.31. The molecule has 146 valence electrons. The van der Waals surface area contributed by atoms with E-state index in [1.807, 2.05) is 61.9 Å². The summed E-state index contributed by atoms with van der Waals surface area (Å²) in [5.41, 5.74) is 7.29. The first-order valence-corrected chi connectivity index (χ1v) is 9.41. The van der Waals surface area contributed by atoms with E-state index in [9.17, 15) is 9.59 Å². The van der Waals surface area contributed by atoms with Crippen LogP contribution in [-0.4, -0.2) is 16.5 Å². The van der Waals surface area contributed by atoms with Crippen molar-refractivity contribution in [3.05, 3.63) is 70.9 Å². The van der Waals surface area contributed by atoms with Crippen LogP contribution in [0.15, 0.2) is 54.7 Å². The van der Waals surface area contributed by atoms with E-state index in [-0.39, 0.29) is 17.9 Å². The predicted octanol–water partition coefficient (Wildman–Crippen LogP) is 4.17. The Morgan fingerprint density at radius 2 is 1.68 bits per heavy atom. The first-order chi connectivity index (χ1) is 13.4. The second-order valence-electron chi connectivity index (χ2n) is 7.00. The number of rotatable bonds is 4. The molecule has 0 fully saturated rings.